The van der Waals surface area contributed by atoms with Crippen LogP contribution in [0.4, 0.5) is 0 Å². The predicted octanol–water partition coefficient (Wildman–Crippen LogP) is 0.663. The van der Waals surface area contributed by atoms with Gasteiger partial charge < -0.3 is 41.7 Å². The summed E-state index contributed by atoms with van der Waals surface area (Å²) in [6, 6.07) is 0. The van der Waals surface area contributed by atoms with Crippen molar-refractivity contribution in [2.75, 3.05) is 0 Å². The van der Waals surface area contributed by atoms with Crippen LogP contribution in [0.25, 0.3) is 0 Å². The van der Waals surface area contributed by atoms with Crippen molar-refractivity contribution in [3.8, 4) is 0 Å². The first kappa shape index (κ1) is 64.7. The van der Waals surface area contributed by atoms with Crippen LogP contribution in [0.15, 0.2) is 0 Å². The molecule has 0 fully saturated rings. The van der Waals surface area contributed by atoms with Crippen molar-refractivity contribution in [1.29, 1.82) is 15.8 Å². The summed E-state index contributed by atoms with van der Waals surface area (Å²) in [6.07, 6.45) is 0. The van der Waals surface area contributed by atoms with Gasteiger partial charge in [-0.15, -0.1) is 0 Å². The summed E-state index contributed by atoms with van der Waals surface area (Å²) >= 11 is 0. The third-order valence-corrected chi connectivity index (χ3v) is 0. The van der Waals surface area contributed by atoms with Crippen LogP contribution in [0.1, 0.15) is 0 Å². The first-order valence-electron chi connectivity index (χ1n) is 0.671. The van der Waals surface area contributed by atoms with Crippen LogP contribution in [0.5, 0.6) is 0 Å². The summed E-state index contributed by atoms with van der Waals surface area (Å²) < 4.78 is 0. The molecule has 0 spiro atoms. The molecule has 0 unspecified atom stereocenters. The van der Waals surface area contributed by atoms with Crippen LogP contribution in [-0.4, -0.2) is 0 Å². The SMILES string of the molecule is [C-]#N.[C-]#N.[C-]#N.[Cu+2].[NH4+]. The Hall–Kier alpha value is -1.05. The van der Waals surface area contributed by atoms with E-state index >= 15 is 0 Å². The molecule has 0 atom stereocenters. The molecule has 0 aromatic heterocycles. The van der Waals surface area contributed by atoms with Crippen molar-refractivity contribution in [3.05, 3.63) is 19.7 Å². The minimum Gasteiger partial charge on any atom is -0.512 e. The van der Waals surface area contributed by atoms with Gasteiger partial charge in [0.25, 0.3) is 0 Å². The number of nitrogens with zero attached hydrogens (tertiary/aromatic N) is 3. The van der Waals surface area contributed by atoms with E-state index in [1.165, 1.54) is 0 Å². The first-order chi connectivity index (χ1) is 3.00. The van der Waals surface area contributed by atoms with Crippen LogP contribution >= 0.6 is 0 Å². The van der Waals surface area contributed by atoms with Crippen molar-refractivity contribution in [1.82, 2.24) is 6.15 Å². The molecule has 0 amide bonds. The van der Waals surface area contributed by atoms with Gasteiger partial charge >= 0.3 is 17.1 Å². The maximum absolute atomic E-state index is 6.25. The Morgan fingerprint density at radius 2 is 0.625 bits per heavy atom. The average Bonchev–Trinajstić information content (AvgIpc) is 1.81. The van der Waals surface area contributed by atoms with Crippen LogP contribution < -0.4 is 6.15 Å². The Morgan fingerprint density at radius 3 is 0.625 bits per heavy atom. The van der Waals surface area contributed by atoms with E-state index in [0.717, 1.165) is 0 Å². The fourth-order valence-corrected chi connectivity index (χ4v) is 0. The quantitative estimate of drug-likeness (QED) is 0.414. The van der Waals surface area contributed by atoms with E-state index < -0.39 is 0 Å². The summed E-state index contributed by atoms with van der Waals surface area (Å²) in [5.41, 5.74) is 0. The van der Waals surface area contributed by atoms with Gasteiger partial charge in [-0.1, -0.05) is 0 Å². The zero-order chi connectivity index (χ0) is 6.00. The van der Waals surface area contributed by atoms with Crippen molar-refractivity contribution in [2.24, 2.45) is 0 Å². The first-order valence-corrected chi connectivity index (χ1v) is 0.671. The summed E-state index contributed by atoms with van der Waals surface area (Å²) in [7, 11) is 0. The van der Waals surface area contributed by atoms with E-state index in [-0.39, 0.29) is 23.2 Å². The molecule has 0 heterocycles. The molecule has 8 heavy (non-hydrogen) atoms. The molecule has 0 aliphatic rings. The Balaban J connectivity index is -0.00000000500. The molecule has 0 aromatic rings. The second-order valence-electron chi connectivity index (χ2n) is 0. The molecule has 0 saturated carbocycles. The monoisotopic (exact) mass is 159 g/mol. The molecule has 0 saturated heterocycles. The second kappa shape index (κ2) is 132. The third kappa shape index (κ3) is 70.0. The smallest absolute Gasteiger partial charge is 0.512 e. The average molecular weight is 160 g/mol. The molecule has 4 nitrogen and oxygen atoms in total. The van der Waals surface area contributed by atoms with Gasteiger partial charge in [-0.25, -0.2) is 0 Å². The van der Waals surface area contributed by atoms with Crippen molar-refractivity contribution >= 4 is 0 Å². The molecule has 0 bridgehead atoms. The number of quaternary nitrogens is 1. The van der Waals surface area contributed by atoms with Crippen molar-refractivity contribution in [2.45, 2.75) is 0 Å². The fraction of sp³-hybridized carbons (Fsp3) is 0. The maximum Gasteiger partial charge on any atom is 2.00 e. The van der Waals surface area contributed by atoms with Crippen molar-refractivity contribution in [3.63, 3.8) is 0 Å². The Morgan fingerprint density at radius 1 is 0.625 bits per heavy atom. The van der Waals surface area contributed by atoms with E-state index in [0.29, 0.717) is 0 Å². The molecule has 0 aliphatic carbocycles. The molecule has 1 radical (unpaired) electrons. The zero-order valence-electron chi connectivity index (χ0n) is 4.14. The maximum atomic E-state index is 6.25. The van der Waals surface area contributed by atoms with Gasteiger partial charge in [0.2, 0.25) is 0 Å². The van der Waals surface area contributed by atoms with E-state index in [1.54, 1.807) is 0 Å². The molecule has 0 rings (SSSR count). The standard InChI is InChI=1S/3CN.Cu.H3N/c3*1-2;;/h;;;;1H3/q3*-1;+2;/p+1. The van der Waals surface area contributed by atoms with E-state index in [9.17, 15) is 0 Å². The number of hydrogen-bond acceptors (Lipinski definition) is 3. The molecule has 0 aliphatic heterocycles. The predicted molar refractivity (Wildman–Crippen MR) is 20.9 cm³/mol. The Kier molecular flexibility index (Phi) is 1070. The minimum atomic E-state index is 0. The van der Waals surface area contributed by atoms with Gasteiger partial charge in [-0.3, -0.25) is 0 Å². The van der Waals surface area contributed by atoms with Gasteiger partial charge in [0.1, 0.15) is 0 Å². The van der Waals surface area contributed by atoms with Crippen molar-refractivity contribution < 1.29 is 17.1 Å². The Labute approximate surface area is 59.4 Å². The summed E-state index contributed by atoms with van der Waals surface area (Å²) in [5, 5.41) is 18.8. The third-order valence-electron chi connectivity index (χ3n) is 0. The summed E-state index contributed by atoms with van der Waals surface area (Å²) in [4.78, 5) is 0. The van der Waals surface area contributed by atoms with Gasteiger partial charge in [-0.05, 0) is 0 Å². The van der Waals surface area contributed by atoms with Crippen LogP contribution in [-0.2, 0) is 17.1 Å². The molecule has 4 N–H and O–H groups in total. The van der Waals surface area contributed by atoms with E-state index in [1.807, 2.05) is 0 Å². The zero-order valence-corrected chi connectivity index (χ0v) is 5.08. The fourth-order valence-electron chi connectivity index (χ4n) is 0. The summed E-state index contributed by atoms with van der Waals surface area (Å²) in [5.74, 6) is 0. The molecule has 0 aromatic carbocycles. The largest absolute Gasteiger partial charge is 2.00 e. The van der Waals surface area contributed by atoms with Crippen LogP contribution in [0.3, 0.4) is 0 Å². The van der Waals surface area contributed by atoms with Gasteiger partial charge in [0.15, 0.2) is 0 Å². The number of hydrogen-bond donors (Lipinski definition) is 1. The number of rotatable bonds is 0. The molecular formula is C3H4CuN4. The minimum absolute atomic E-state index is 0. The molecular weight excluding hydrogens is 156 g/mol. The second-order valence-corrected chi connectivity index (χ2v) is 0. The summed E-state index contributed by atoms with van der Waals surface area (Å²) in [6.45, 7) is 14.2. The van der Waals surface area contributed by atoms with Gasteiger partial charge in [0.05, 0.1) is 0 Å². The normalized spacial score (nSPS) is 0.750. The van der Waals surface area contributed by atoms with Crippen LogP contribution in [0.2, 0.25) is 0 Å². The molecule has 5 heteroatoms. The topological polar surface area (TPSA) is 108 Å². The van der Waals surface area contributed by atoms with Gasteiger partial charge in [-0.2, -0.15) is 0 Å². The van der Waals surface area contributed by atoms with E-state index in [2.05, 4.69) is 0 Å². The Bertz CT molecular complexity index is 39.8. The van der Waals surface area contributed by atoms with E-state index in [4.69, 9.17) is 35.5 Å². The van der Waals surface area contributed by atoms with Gasteiger partial charge in [0, 0.05) is 0 Å². The molecule has 47 valence electrons. The van der Waals surface area contributed by atoms with Crippen LogP contribution in [0, 0.1) is 35.5 Å².